The number of aromatic nitrogens is 4. The van der Waals surface area contributed by atoms with Crippen molar-refractivity contribution < 1.29 is 33.4 Å². The second kappa shape index (κ2) is 16.2. The molecule has 5 atom stereocenters. The molecule has 15 heteroatoms. The van der Waals surface area contributed by atoms with Gasteiger partial charge in [-0.2, -0.15) is 0 Å². The summed E-state index contributed by atoms with van der Waals surface area (Å²) in [6.45, 7) is 9.26. The third-order valence-corrected chi connectivity index (χ3v) is 11.9. The van der Waals surface area contributed by atoms with Crippen LogP contribution in [-0.2, 0) is 23.8 Å². The van der Waals surface area contributed by atoms with Crippen LogP contribution in [0.25, 0.3) is 33.3 Å². The van der Waals surface area contributed by atoms with Gasteiger partial charge in [0, 0.05) is 37.2 Å². The number of alkyl carbamates (subject to hydrolysis) is 2. The van der Waals surface area contributed by atoms with Crippen LogP contribution in [0.3, 0.4) is 0 Å². The van der Waals surface area contributed by atoms with E-state index in [-0.39, 0.29) is 47.1 Å². The Morgan fingerprint density at radius 3 is 1.75 bits per heavy atom. The highest BCUT2D eigenvalue weighted by atomic mass is 16.5. The van der Waals surface area contributed by atoms with Crippen molar-refractivity contribution in [3.05, 3.63) is 60.4 Å². The molecule has 7 rings (SSSR count). The number of benzene rings is 2. The summed E-state index contributed by atoms with van der Waals surface area (Å²) in [5.41, 5.74) is 3.72. The standard InChI is InChI=1S/C42H54N8O7/c1-23(2)34(47-40(53)56-6)38(51)49-20-25(21-55-5)14-32(49)36-43-18-30(45-36)28-10-8-27-16-29(11-9-26(27)15-28)31-19-44-37(46-31)33-17-42(12-13-42)22-50(33)39(52)35(24(3)4)48-41(54)57-7/h8-11,15-16,18-19,23-25,32-35H,12-14,17,20-22H2,1-7H3,(H,43,45)(H,44,46)(H,47,53)(H,48,54)/t25-,32-,33-,34-,35-/m0/s1. The topological polar surface area (TPSA) is 184 Å². The Labute approximate surface area is 332 Å². The number of imidazole rings is 2. The Bertz CT molecular complexity index is 2120. The summed E-state index contributed by atoms with van der Waals surface area (Å²) >= 11 is 0. The number of amides is 4. The SMILES string of the molecule is COC[C@H]1C[C@@H](c2ncc(-c3ccc4cc(-c5cnc([C@@H]6CC7(CC7)CN6C(=O)[C@@H](NC(=O)OC)C(C)C)[nH]5)ccc4c3)[nH]2)N(C(=O)[C@@H](NC(=O)OC)C(C)C)C1. The van der Waals surface area contributed by atoms with Crippen LogP contribution in [0.2, 0.25) is 0 Å². The van der Waals surface area contributed by atoms with E-state index in [1.807, 2.05) is 44.9 Å². The molecule has 1 aliphatic carbocycles. The molecule has 4 aromatic rings. The van der Waals surface area contributed by atoms with Crippen LogP contribution in [0.4, 0.5) is 9.59 Å². The smallest absolute Gasteiger partial charge is 0.407 e. The van der Waals surface area contributed by atoms with Gasteiger partial charge in [-0.05, 0) is 65.8 Å². The average molecular weight is 783 g/mol. The largest absolute Gasteiger partial charge is 0.453 e. The highest BCUT2D eigenvalue weighted by molar-refractivity contribution is 5.90. The lowest BCUT2D eigenvalue weighted by Gasteiger charge is -2.30. The number of nitrogens with one attached hydrogen (secondary N) is 4. The molecular formula is C42H54N8O7. The quantitative estimate of drug-likeness (QED) is 0.135. The van der Waals surface area contributed by atoms with Gasteiger partial charge in [0.25, 0.3) is 0 Å². The van der Waals surface area contributed by atoms with Crippen molar-refractivity contribution in [3.63, 3.8) is 0 Å². The number of nitrogens with zero attached hydrogens (tertiary/aromatic N) is 4. The zero-order valence-electron chi connectivity index (χ0n) is 33.8. The average Bonchev–Trinajstić information content (AvgIpc) is 3.69. The number of likely N-dealkylation sites (tertiary alicyclic amines) is 2. The van der Waals surface area contributed by atoms with Crippen molar-refractivity contribution in [2.24, 2.45) is 23.2 Å². The maximum atomic E-state index is 13.9. The van der Waals surface area contributed by atoms with Crippen LogP contribution in [-0.4, -0.2) is 107 Å². The van der Waals surface area contributed by atoms with E-state index in [1.165, 1.54) is 14.2 Å². The van der Waals surface area contributed by atoms with Crippen LogP contribution in [0.5, 0.6) is 0 Å². The molecule has 2 aliphatic heterocycles. The number of fused-ring (bicyclic) bond motifs is 1. The highest BCUT2D eigenvalue weighted by Crippen LogP contribution is 2.58. The van der Waals surface area contributed by atoms with Gasteiger partial charge in [-0.3, -0.25) is 9.59 Å². The van der Waals surface area contributed by atoms with Gasteiger partial charge < -0.3 is 44.6 Å². The minimum Gasteiger partial charge on any atom is -0.453 e. The summed E-state index contributed by atoms with van der Waals surface area (Å²) in [4.78, 5) is 72.2. The monoisotopic (exact) mass is 782 g/mol. The molecule has 4 amide bonds. The number of hydrogen-bond donors (Lipinski definition) is 4. The van der Waals surface area contributed by atoms with Gasteiger partial charge in [-0.25, -0.2) is 19.6 Å². The molecule has 15 nitrogen and oxygen atoms in total. The summed E-state index contributed by atoms with van der Waals surface area (Å²) in [5.74, 6) is 0.967. The fraction of sp³-hybridized carbons (Fsp3) is 0.524. The predicted molar refractivity (Wildman–Crippen MR) is 213 cm³/mol. The predicted octanol–water partition coefficient (Wildman–Crippen LogP) is 5.97. The first kappa shape index (κ1) is 39.8. The van der Waals surface area contributed by atoms with Crippen molar-refractivity contribution in [2.45, 2.75) is 77.5 Å². The van der Waals surface area contributed by atoms with Crippen molar-refractivity contribution in [1.29, 1.82) is 0 Å². The number of rotatable bonds is 12. The Hall–Kier alpha value is -5.44. The van der Waals surface area contributed by atoms with Gasteiger partial charge in [0.05, 0.1) is 56.7 Å². The molecule has 3 aliphatic rings. The fourth-order valence-corrected chi connectivity index (χ4v) is 8.50. The van der Waals surface area contributed by atoms with Gasteiger partial charge >= 0.3 is 12.2 Å². The number of ether oxygens (including phenoxy) is 3. The van der Waals surface area contributed by atoms with E-state index in [0.717, 1.165) is 58.4 Å². The van der Waals surface area contributed by atoms with E-state index >= 15 is 0 Å². The lowest BCUT2D eigenvalue weighted by atomic mass is 10.0. The summed E-state index contributed by atoms with van der Waals surface area (Å²) in [6.07, 6.45) is 6.02. The zero-order valence-corrected chi connectivity index (χ0v) is 33.8. The second-order valence-electron chi connectivity index (χ2n) is 16.6. The van der Waals surface area contributed by atoms with E-state index in [1.54, 1.807) is 18.2 Å². The third-order valence-electron chi connectivity index (χ3n) is 11.9. The molecule has 0 unspecified atom stereocenters. The van der Waals surface area contributed by atoms with E-state index in [9.17, 15) is 19.2 Å². The molecule has 0 radical (unpaired) electrons. The second-order valence-corrected chi connectivity index (χ2v) is 16.6. The first-order valence-corrected chi connectivity index (χ1v) is 19.8. The van der Waals surface area contributed by atoms with Gasteiger partial charge in [0.2, 0.25) is 11.8 Å². The molecule has 1 spiro atoms. The lowest BCUT2D eigenvalue weighted by Crippen LogP contribution is -2.51. The minimum absolute atomic E-state index is 0.108. The summed E-state index contributed by atoms with van der Waals surface area (Å²) in [7, 11) is 4.24. The summed E-state index contributed by atoms with van der Waals surface area (Å²) in [6, 6.07) is 10.5. The molecule has 2 aromatic carbocycles. The molecule has 304 valence electrons. The van der Waals surface area contributed by atoms with Crippen LogP contribution in [0, 0.1) is 23.2 Å². The molecule has 2 saturated heterocycles. The normalized spacial score (nSPS) is 21.0. The van der Waals surface area contributed by atoms with Crippen LogP contribution < -0.4 is 10.6 Å². The van der Waals surface area contributed by atoms with E-state index in [0.29, 0.717) is 31.9 Å². The number of methoxy groups -OCH3 is 3. The molecule has 2 aromatic heterocycles. The van der Waals surface area contributed by atoms with E-state index in [2.05, 4.69) is 50.9 Å². The number of carbonyl (C=O) groups is 4. The zero-order chi connectivity index (χ0) is 40.6. The molecule has 0 bridgehead atoms. The maximum absolute atomic E-state index is 13.9. The molecule has 4 heterocycles. The summed E-state index contributed by atoms with van der Waals surface area (Å²) in [5, 5.41) is 7.54. The lowest BCUT2D eigenvalue weighted by molar-refractivity contribution is -0.136. The van der Waals surface area contributed by atoms with Crippen LogP contribution >= 0.6 is 0 Å². The maximum Gasteiger partial charge on any atom is 0.407 e. The summed E-state index contributed by atoms with van der Waals surface area (Å²) < 4.78 is 15.1. The van der Waals surface area contributed by atoms with E-state index < -0.39 is 24.3 Å². The van der Waals surface area contributed by atoms with Crippen molar-refractivity contribution in [2.75, 3.05) is 41.0 Å². The van der Waals surface area contributed by atoms with Crippen molar-refractivity contribution in [1.82, 2.24) is 40.4 Å². The Morgan fingerprint density at radius 2 is 1.28 bits per heavy atom. The number of carbonyl (C=O) groups excluding carboxylic acids is 4. The van der Waals surface area contributed by atoms with Gasteiger partial charge in [-0.15, -0.1) is 0 Å². The minimum atomic E-state index is -0.745. The molecule has 57 heavy (non-hydrogen) atoms. The number of H-pyrrole nitrogens is 2. The van der Waals surface area contributed by atoms with Crippen LogP contribution in [0.1, 0.15) is 77.1 Å². The fourth-order valence-electron chi connectivity index (χ4n) is 8.50. The van der Waals surface area contributed by atoms with Crippen molar-refractivity contribution >= 4 is 34.8 Å². The molecular weight excluding hydrogens is 729 g/mol. The van der Waals surface area contributed by atoms with E-state index in [4.69, 9.17) is 24.2 Å². The highest BCUT2D eigenvalue weighted by Gasteiger charge is 2.55. The number of hydrogen-bond acceptors (Lipinski definition) is 9. The first-order valence-electron chi connectivity index (χ1n) is 19.8. The molecule has 1 saturated carbocycles. The Morgan fingerprint density at radius 1 is 0.772 bits per heavy atom. The Kier molecular flexibility index (Phi) is 11.3. The Balaban J connectivity index is 1.09. The van der Waals surface area contributed by atoms with Crippen LogP contribution in [0.15, 0.2) is 48.8 Å². The molecule has 3 fully saturated rings. The third kappa shape index (κ3) is 8.20. The number of aromatic amines is 2. The van der Waals surface area contributed by atoms with Gasteiger partial charge in [0.1, 0.15) is 23.7 Å². The van der Waals surface area contributed by atoms with Gasteiger partial charge in [0.15, 0.2) is 0 Å². The molecule has 4 N–H and O–H groups in total. The van der Waals surface area contributed by atoms with Crippen molar-refractivity contribution in [3.8, 4) is 22.5 Å². The first-order chi connectivity index (χ1) is 27.3. The van der Waals surface area contributed by atoms with Gasteiger partial charge in [-0.1, -0.05) is 52.0 Å².